The Balaban J connectivity index is 2.45. The topological polar surface area (TPSA) is 3.24 Å². The van der Waals surface area contributed by atoms with Gasteiger partial charge in [0, 0.05) is 11.9 Å². The average Bonchev–Trinajstić information content (AvgIpc) is 2.30. The number of halogens is 1. The van der Waals surface area contributed by atoms with Crippen molar-refractivity contribution in [2.24, 2.45) is 5.92 Å². The molecular weight excluding hydrogens is 146 g/mol. The Morgan fingerprint density at radius 3 is 2.70 bits per heavy atom. The van der Waals surface area contributed by atoms with Crippen LogP contribution in [0.2, 0.25) is 0 Å². The van der Waals surface area contributed by atoms with Crippen molar-refractivity contribution in [3.63, 3.8) is 0 Å². The molecule has 1 fully saturated rings. The highest BCUT2D eigenvalue weighted by molar-refractivity contribution is 6.18. The van der Waals surface area contributed by atoms with Crippen molar-refractivity contribution < 1.29 is 0 Å². The van der Waals surface area contributed by atoms with Crippen molar-refractivity contribution in [3.05, 3.63) is 0 Å². The molecule has 0 spiro atoms. The van der Waals surface area contributed by atoms with Gasteiger partial charge in [-0.2, -0.15) is 0 Å². The lowest BCUT2D eigenvalue weighted by Gasteiger charge is -2.22. The fourth-order valence-corrected chi connectivity index (χ4v) is 2.23. The van der Waals surface area contributed by atoms with Crippen LogP contribution in [0.1, 0.15) is 20.3 Å². The summed E-state index contributed by atoms with van der Waals surface area (Å²) >= 11 is 5.83. The van der Waals surface area contributed by atoms with Crippen LogP contribution >= 0.6 is 11.6 Å². The fraction of sp³-hybridized carbons (Fsp3) is 1.00. The van der Waals surface area contributed by atoms with E-state index in [1.165, 1.54) is 13.0 Å². The minimum Gasteiger partial charge on any atom is -0.299 e. The molecule has 2 atom stereocenters. The van der Waals surface area contributed by atoms with E-state index in [0.29, 0.717) is 6.04 Å². The van der Waals surface area contributed by atoms with Crippen LogP contribution in [0.25, 0.3) is 0 Å². The zero-order chi connectivity index (χ0) is 7.56. The molecule has 0 aliphatic carbocycles. The second-order valence-corrected chi connectivity index (χ2v) is 3.42. The summed E-state index contributed by atoms with van der Waals surface area (Å²) in [6.07, 6.45) is 1.32. The summed E-state index contributed by atoms with van der Waals surface area (Å²) in [5, 5.41) is 0. The van der Waals surface area contributed by atoms with Crippen LogP contribution in [0.4, 0.5) is 0 Å². The van der Waals surface area contributed by atoms with E-state index in [1.807, 2.05) is 0 Å². The summed E-state index contributed by atoms with van der Waals surface area (Å²) in [6.45, 7) is 6.90. The number of rotatable bonds is 2. The van der Waals surface area contributed by atoms with Gasteiger partial charge < -0.3 is 0 Å². The van der Waals surface area contributed by atoms with E-state index in [0.717, 1.165) is 18.3 Å². The van der Waals surface area contributed by atoms with Gasteiger partial charge in [-0.05, 0) is 25.4 Å². The first-order valence-corrected chi connectivity index (χ1v) is 4.63. The summed E-state index contributed by atoms with van der Waals surface area (Å²) in [4.78, 5) is 2.47. The first kappa shape index (κ1) is 8.35. The zero-order valence-electron chi connectivity index (χ0n) is 6.81. The summed E-state index contributed by atoms with van der Waals surface area (Å²) in [5.74, 6) is 1.60. The third kappa shape index (κ3) is 1.46. The average molecular weight is 162 g/mol. The van der Waals surface area contributed by atoms with Gasteiger partial charge in [-0.3, -0.25) is 4.90 Å². The Kier molecular flexibility index (Phi) is 2.99. The number of likely N-dealkylation sites (tertiary alicyclic amines) is 1. The van der Waals surface area contributed by atoms with Gasteiger partial charge in [0.1, 0.15) is 0 Å². The molecule has 0 bridgehead atoms. The maximum atomic E-state index is 5.83. The molecule has 0 saturated carbocycles. The third-order valence-corrected chi connectivity index (χ3v) is 2.88. The molecule has 0 amide bonds. The molecule has 0 N–H and O–H groups in total. The first-order valence-electron chi connectivity index (χ1n) is 4.09. The highest BCUT2D eigenvalue weighted by atomic mass is 35.5. The van der Waals surface area contributed by atoms with Crippen LogP contribution in [0.5, 0.6) is 0 Å². The predicted octanol–water partition coefficient (Wildman–Crippen LogP) is 1.96. The number of hydrogen-bond acceptors (Lipinski definition) is 1. The molecule has 1 heterocycles. The monoisotopic (exact) mass is 161 g/mol. The molecule has 0 aromatic rings. The molecule has 1 nitrogen and oxygen atoms in total. The Hall–Kier alpha value is 0.250. The minimum absolute atomic E-state index is 0.645. The molecule has 1 rings (SSSR count). The molecule has 2 heteroatoms. The molecule has 10 heavy (non-hydrogen) atoms. The van der Waals surface area contributed by atoms with Crippen molar-refractivity contribution in [1.82, 2.24) is 4.90 Å². The smallest absolute Gasteiger partial charge is 0.0382 e. The van der Waals surface area contributed by atoms with Crippen molar-refractivity contribution in [3.8, 4) is 0 Å². The van der Waals surface area contributed by atoms with Gasteiger partial charge in [-0.1, -0.05) is 13.8 Å². The van der Waals surface area contributed by atoms with E-state index in [2.05, 4.69) is 18.7 Å². The maximum absolute atomic E-state index is 5.83. The van der Waals surface area contributed by atoms with Crippen LogP contribution in [-0.4, -0.2) is 29.9 Å². The van der Waals surface area contributed by atoms with Gasteiger partial charge in [-0.15, -0.1) is 11.6 Å². The zero-order valence-corrected chi connectivity index (χ0v) is 7.56. The van der Waals surface area contributed by atoms with Crippen molar-refractivity contribution in [2.75, 3.05) is 19.0 Å². The molecule has 0 radical (unpaired) electrons. The SMILES string of the molecule is CCN1CCC(C)C1CCl. The van der Waals surface area contributed by atoms with E-state index < -0.39 is 0 Å². The molecule has 0 aromatic carbocycles. The maximum Gasteiger partial charge on any atom is 0.0382 e. The van der Waals surface area contributed by atoms with Gasteiger partial charge in [0.15, 0.2) is 0 Å². The Bertz CT molecular complexity index is 105. The molecule has 2 unspecified atom stereocenters. The molecule has 0 aromatic heterocycles. The molecular formula is C8H16ClN. The van der Waals surface area contributed by atoms with E-state index in [9.17, 15) is 0 Å². The highest BCUT2D eigenvalue weighted by Gasteiger charge is 2.28. The second kappa shape index (κ2) is 3.59. The van der Waals surface area contributed by atoms with Crippen LogP contribution in [0, 0.1) is 5.92 Å². The summed E-state index contributed by atoms with van der Waals surface area (Å²) in [7, 11) is 0. The van der Waals surface area contributed by atoms with E-state index in [-0.39, 0.29) is 0 Å². The van der Waals surface area contributed by atoms with Gasteiger partial charge in [0.2, 0.25) is 0 Å². The normalized spacial score (nSPS) is 35.1. The Labute approximate surface area is 68.4 Å². The predicted molar refractivity (Wildman–Crippen MR) is 45.5 cm³/mol. The Morgan fingerprint density at radius 2 is 2.30 bits per heavy atom. The highest BCUT2D eigenvalue weighted by Crippen LogP contribution is 2.23. The lowest BCUT2D eigenvalue weighted by molar-refractivity contribution is 0.263. The minimum atomic E-state index is 0.645. The van der Waals surface area contributed by atoms with Crippen LogP contribution in [0.3, 0.4) is 0 Å². The summed E-state index contributed by atoms with van der Waals surface area (Å²) in [5.41, 5.74) is 0. The van der Waals surface area contributed by atoms with Gasteiger partial charge in [0.05, 0.1) is 0 Å². The molecule has 1 aliphatic rings. The summed E-state index contributed by atoms with van der Waals surface area (Å²) < 4.78 is 0. The van der Waals surface area contributed by atoms with Crippen LogP contribution in [0.15, 0.2) is 0 Å². The quantitative estimate of drug-likeness (QED) is 0.560. The standard InChI is InChI=1S/C8H16ClN/c1-3-10-5-4-7(2)8(10)6-9/h7-8H,3-6H2,1-2H3. The number of alkyl halides is 1. The molecule has 1 saturated heterocycles. The van der Waals surface area contributed by atoms with Gasteiger partial charge in [-0.25, -0.2) is 0 Å². The van der Waals surface area contributed by atoms with E-state index in [4.69, 9.17) is 11.6 Å². The fourth-order valence-electron chi connectivity index (χ4n) is 1.73. The van der Waals surface area contributed by atoms with E-state index >= 15 is 0 Å². The van der Waals surface area contributed by atoms with Crippen molar-refractivity contribution in [2.45, 2.75) is 26.3 Å². The second-order valence-electron chi connectivity index (χ2n) is 3.12. The lowest BCUT2D eigenvalue weighted by Crippen LogP contribution is -2.33. The van der Waals surface area contributed by atoms with Crippen LogP contribution in [-0.2, 0) is 0 Å². The van der Waals surface area contributed by atoms with Crippen LogP contribution < -0.4 is 0 Å². The number of hydrogen-bond donors (Lipinski definition) is 0. The van der Waals surface area contributed by atoms with E-state index in [1.54, 1.807) is 0 Å². The lowest BCUT2D eigenvalue weighted by atomic mass is 10.1. The van der Waals surface area contributed by atoms with Crippen molar-refractivity contribution >= 4 is 11.6 Å². The third-order valence-electron chi connectivity index (χ3n) is 2.56. The molecule has 1 aliphatic heterocycles. The Morgan fingerprint density at radius 1 is 1.60 bits per heavy atom. The van der Waals surface area contributed by atoms with Gasteiger partial charge in [0.25, 0.3) is 0 Å². The summed E-state index contributed by atoms with van der Waals surface area (Å²) in [6, 6.07) is 0.645. The van der Waals surface area contributed by atoms with Gasteiger partial charge >= 0.3 is 0 Å². The van der Waals surface area contributed by atoms with Crippen molar-refractivity contribution in [1.29, 1.82) is 0 Å². The molecule has 60 valence electrons. The largest absolute Gasteiger partial charge is 0.299 e. The first-order chi connectivity index (χ1) is 4.79. The number of nitrogens with zero attached hydrogens (tertiary/aromatic N) is 1.